The average molecular weight is 470 g/mol. The Morgan fingerprint density at radius 2 is 1.76 bits per heavy atom. The van der Waals surface area contributed by atoms with Crippen LogP contribution in [0.4, 0.5) is 4.79 Å². The van der Waals surface area contributed by atoms with Gasteiger partial charge in [0.1, 0.15) is 5.60 Å². The van der Waals surface area contributed by atoms with Crippen molar-refractivity contribution in [2.24, 2.45) is 5.92 Å². The molecule has 2 amide bonds. The van der Waals surface area contributed by atoms with E-state index in [2.05, 4.69) is 15.0 Å². The molecular weight excluding hydrogens is 434 g/mol. The highest BCUT2D eigenvalue weighted by atomic mass is 16.6. The Kier molecular flexibility index (Phi) is 7.21. The van der Waals surface area contributed by atoms with Crippen LogP contribution in [0.2, 0.25) is 0 Å². The molecule has 2 aromatic rings. The predicted octanol–water partition coefficient (Wildman–Crippen LogP) is 3.34. The summed E-state index contributed by atoms with van der Waals surface area (Å²) >= 11 is 0. The van der Waals surface area contributed by atoms with Crippen molar-refractivity contribution in [2.45, 2.75) is 52.7 Å². The molecule has 34 heavy (non-hydrogen) atoms. The summed E-state index contributed by atoms with van der Waals surface area (Å²) in [5.74, 6) is 1.14. The number of aromatic nitrogens is 2. The summed E-state index contributed by atoms with van der Waals surface area (Å²) in [6.45, 7) is 12.0. The lowest BCUT2D eigenvalue weighted by atomic mass is 9.96. The Hall–Kier alpha value is -2.94. The van der Waals surface area contributed by atoms with E-state index in [4.69, 9.17) is 9.26 Å². The fourth-order valence-corrected chi connectivity index (χ4v) is 4.39. The summed E-state index contributed by atoms with van der Waals surface area (Å²) in [7, 11) is 0. The van der Waals surface area contributed by atoms with Gasteiger partial charge >= 0.3 is 6.09 Å². The van der Waals surface area contributed by atoms with E-state index in [1.165, 1.54) is 5.56 Å². The number of piperidine rings is 1. The topological polar surface area (TPSA) is 92.0 Å². The summed E-state index contributed by atoms with van der Waals surface area (Å²) in [4.78, 5) is 35.9. The standard InChI is InChI=1S/C25H35N5O4/c1-18-7-9-19(10-8-18)22-26-21(34-27-22)17-28-12-14-29(15-13-28)23(31)20-6-5-11-30(16-20)24(32)33-25(2,3)4/h7-10,20H,5-6,11-17H2,1-4H3/t20-/m0/s1. The van der Waals surface area contributed by atoms with Gasteiger partial charge in [-0.1, -0.05) is 35.0 Å². The molecule has 2 aliphatic heterocycles. The molecule has 184 valence electrons. The van der Waals surface area contributed by atoms with Crippen LogP contribution >= 0.6 is 0 Å². The molecule has 0 unspecified atom stereocenters. The number of amides is 2. The molecule has 9 heteroatoms. The average Bonchev–Trinajstić information content (AvgIpc) is 3.27. The summed E-state index contributed by atoms with van der Waals surface area (Å²) in [5.41, 5.74) is 1.58. The third-order valence-corrected chi connectivity index (χ3v) is 6.24. The van der Waals surface area contributed by atoms with Gasteiger partial charge in [0.05, 0.1) is 12.5 Å². The molecule has 0 saturated carbocycles. The third-order valence-electron chi connectivity index (χ3n) is 6.24. The maximum atomic E-state index is 13.1. The molecule has 2 aliphatic rings. The van der Waals surface area contributed by atoms with Crippen LogP contribution in [0.1, 0.15) is 45.1 Å². The first-order valence-corrected chi connectivity index (χ1v) is 12.1. The SMILES string of the molecule is Cc1ccc(-c2noc(CN3CCN(C(=O)[C@H]4CCCN(C(=O)OC(C)(C)C)C4)CC3)n2)cc1. The number of ether oxygens (including phenoxy) is 1. The highest BCUT2D eigenvalue weighted by Gasteiger charge is 2.34. The number of rotatable bonds is 4. The fourth-order valence-electron chi connectivity index (χ4n) is 4.39. The molecule has 0 spiro atoms. The van der Waals surface area contributed by atoms with E-state index in [1.54, 1.807) is 4.90 Å². The number of benzene rings is 1. The molecule has 0 aliphatic carbocycles. The van der Waals surface area contributed by atoms with E-state index in [1.807, 2.05) is 56.9 Å². The van der Waals surface area contributed by atoms with Gasteiger partial charge in [0.15, 0.2) is 0 Å². The Morgan fingerprint density at radius 3 is 2.44 bits per heavy atom. The van der Waals surface area contributed by atoms with E-state index >= 15 is 0 Å². The van der Waals surface area contributed by atoms with Gasteiger partial charge < -0.3 is 19.1 Å². The second kappa shape index (κ2) is 10.1. The smallest absolute Gasteiger partial charge is 0.410 e. The van der Waals surface area contributed by atoms with Crippen molar-refractivity contribution in [2.75, 3.05) is 39.3 Å². The van der Waals surface area contributed by atoms with E-state index in [0.29, 0.717) is 44.4 Å². The van der Waals surface area contributed by atoms with Crippen molar-refractivity contribution in [3.63, 3.8) is 0 Å². The van der Waals surface area contributed by atoms with Crippen molar-refractivity contribution >= 4 is 12.0 Å². The lowest BCUT2D eigenvalue weighted by Gasteiger charge is -2.38. The molecule has 4 rings (SSSR count). The van der Waals surface area contributed by atoms with Crippen molar-refractivity contribution < 1.29 is 18.8 Å². The first-order valence-electron chi connectivity index (χ1n) is 12.1. The van der Waals surface area contributed by atoms with Crippen molar-refractivity contribution in [1.82, 2.24) is 24.8 Å². The molecular formula is C25H35N5O4. The van der Waals surface area contributed by atoms with Crippen LogP contribution in [0.5, 0.6) is 0 Å². The monoisotopic (exact) mass is 469 g/mol. The molecule has 0 N–H and O–H groups in total. The summed E-state index contributed by atoms with van der Waals surface area (Å²) in [5, 5.41) is 4.11. The highest BCUT2D eigenvalue weighted by Crippen LogP contribution is 2.22. The van der Waals surface area contributed by atoms with Gasteiger partial charge in [-0.15, -0.1) is 0 Å². The van der Waals surface area contributed by atoms with Crippen LogP contribution in [0.15, 0.2) is 28.8 Å². The van der Waals surface area contributed by atoms with Gasteiger partial charge in [-0.25, -0.2) is 4.79 Å². The van der Waals surface area contributed by atoms with Crippen LogP contribution in [0.3, 0.4) is 0 Å². The maximum Gasteiger partial charge on any atom is 0.410 e. The molecule has 2 saturated heterocycles. The number of likely N-dealkylation sites (tertiary alicyclic amines) is 1. The maximum absolute atomic E-state index is 13.1. The number of piperazine rings is 1. The highest BCUT2D eigenvalue weighted by molar-refractivity contribution is 5.80. The van der Waals surface area contributed by atoms with Crippen LogP contribution in [0, 0.1) is 12.8 Å². The second-order valence-electron chi connectivity index (χ2n) is 10.2. The molecule has 2 fully saturated rings. The number of carbonyl (C=O) groups excluding carboxylic acids is 2. The quantitative estimate of drug-likeness (QED) is 0.678. The lowest BCUT2D eigenvalue weighted by Crippen LogP contribution is -2.53. The number of nitrogens with zero attached hydrogens (tertiary/aromatic N) is 5. The zero-order valence-corrected chi connectivity index (χ0v) is 20.6. The van der Waals surface area contributed by atoms with E-state index < -0.39 is 5.60 Å². The number of hydrogen-bond acceptors (Lipinski definition) is 7. The second-order valence-corrected chi connectivity index (χ2v) is 10.2. The largest absolute Gasteiger partial charge is 0.444 e. The van der Waals surface area contributed by atoms with Gasteiger partial charge in [-0.3, -0.25) is 9.69 Å². The zero-order valence-electron chi connectivity index (χ0n) is 20.6. The fraction of sp³-hybridized carbons (Fsp3) is 0.600. The van der Waals surface area contributed by atoms with Crippen molar-refractivity contribution in [1.29, 1.82) is 0 Å². The summed E-state index contributed by atoms with van der Waals surface area (Å²) in [6.07, 6.45) is 1.29. The first-order chi connectivity index (χ1) is 16.2. The molecule has 3 heterocycles. The Bertz CT molecular complexity index is 989. The minimum absolute atomic E-state index is 0.132. The van der Waals surface area contributed by atoms with Crippen LogP contribution < -0.4 is 0 Å². The van der Waals surface area contributed by atoms with Crippen LogP contribution in [0.25, 0.3) is 11.4 Å². The van der Waals surface area contributed by atoms with Gasteiger partial charge in [0, 0.05) is 44.8 Å². The van der Waals surface area contributed by atoms with Gasteiger partial charge in [-0.05, 0) is 40.5 Å². The number of aryl methyl sites for hydroxylation is 1. The predicted molar refractivity (Wildman–Crippen MR) is 127 cm³/mol. The van der Waals surface area contributed by atoms with Crippen LogP contribution in [-0.4, -0.2) is 81.7 Å². The van der Waals surface area contributed by atoms with E-state index in [0.717, 1.165) is 31.5 Å². The van der Waals surface area contributed by atoms with Gasteiger partial charge in [-0.2, -0.15) is 4.98 Å². The summed E-state index contributed by atoms with van der Waals surface area (Å²) in [6, 6.07) is 8.04. The van der Waals surface area contributed by atoms with E-state index in [9.17, 15) is 9.59 Å². The third kappa shape index (κ3) is 6.14. The molecule has 0 radical (unpaired) electrons. The Balaban J connectivity index is 1.26. The minimum atomic E-state index is -0.538. The molecule has 0 bridgehead atoms. The Labute approximate surface area is 201 Å². The van der Waals surface area contributed by atoms with Crippen molar-refractivity contribution in [3.05, 3.63) is 35.7 Å². The summed E-state index contributed by atoms with van der Waals surface area (Å²) < 4.78 is 10.9. The molecule has 9 nitrogen and oxygen atoms in total. The lowest BCUT2D eigenvalue weighted by molar-refractivity contribution is -0.139. The number of carbonyl (C=O) groups is 2. The Morgan fingerprint density at radius 1 is 1.06 bits per heavy atom. The molecule has 1 aromatic heterocycles. The minimum Gasteiger partial charge on any atom is -0.444 e. The normalized spacial score (nSPS) is 19.8. The number of hydrogen-bond donors (Lipinski definition) is 0. The van der Waals surface area contributed by atoms with Crippen LogP contribution in [-0.2, 0) is 16.1 Å². The zero-order chi connectivity index (χ0) is 24.3. The molecule has 1 atom stereocenters. The van der Waals surface area contributed by atoms with Gasteiger partial charge in [0.2, 0.25) is 17.6 Å². The molecule has 1 aromatic carbocycles. The van der Waals surface area contributed by atoms with Crippen molar-refractivity contribution in [3.8, 4) is 11.4 Å². The van der Waals surface area contributed by atoms with E-state index in [-0.39, 0.29) is 17.9 Å². The first kappa shape index (κ1) is 24.2. The van der Waals surface area contributed by atoms with Gasteiger partial charge in [0.25, 0.3) is 0 Å².